The van der Waals surface area contributed by atoms with Gasteiger partial charge in [-0.1, -0.05) is 18.2 Å². The molecule has 2 aromatic carbocycles. The Morgan fingerprint density at radius 2 is 1.78 bits per heavy atom. The molecule has 158 valence electrons. The Morgan fingerprint density at radius 3 is 2.50 bits per heavy atom. The average molecular weight is 438 g/mol. The van der Waals surface area contributed by atoms with Crippen molar-refractivity contribution in [2.45, 2.75) is 20.4 Å². The highest BCUT2D eigenvalue weighted by atomic mass is 32.1. The van der Waals surface area contributed by atoms with Gasteiger partial charge < -0.3 is 9.88 Å². The van der Waals surface area contributed by atoms with Gasteiger partial charge in [0.15, 0.2) is 0 Å². The number of anilines is 1. The van der Waals surface area contributed by atoms with Gasteiger partial charge in [-0.25, -0.2) is 0 Å². The first-order valence-corrected chi connectivity index (χ1v) is 11.4. The smallest absolute Gasteiger partial charge is 0.255 e. The maximum Gasteiger partial charge on any atom is 0.255 e. The van der Waals surface area contributed by atoms with E-state index in [4.69, 9.17) is 0 Å². The van der Waals surface area contributed by atoms with E-state index in [1.807, 2.05) is 74.0 Å². The molecule has 0 aliphatic rings. The first-order valence-electron chi connectivity index (χ1n) is 10.5. The van der Waals surface area contributed by atoms with E-state index in [9.17, 15) is 4.79 Å². The van der Waals surface area contributed by atoms with Crippen molar-refractivity contribution in [3.8, 4) is 10.4 Å². The molecule has 0 aliphatic carbocycles. The number of aromatic nitrogens is 2. The molecule has 4 nitrogen and oxygen atoms in total. The van der Waals surface area contributed by atoms with Gasteiger partial charge in [-0.3, -0.25) is 9.78 Å². The van der Waals surface area contributed by atoms with Crippen LogP contribution in [0, 0.1) is 13.8 Å². The van der Waals surface area contributed by atoms with E-state index in [2.05, 4.69) is 40.0 Å². The third-order valence-corrected chi connectivity index (χ3v) is 6.66. The molecule has 0 fully saturated rings. The Bertz CT molecular complexity index is 1400. The number of benzene rings is 2. The van der Waals surface area contributed by atoms with Crippen molar-refractivity contribution < 1.29 is 4.79 Å². The second kappa shape index (κ2) is 8.44. The maximum absolute atomic E-state index is 12.9. The Labute approximate surface area is 191 Å². The molecular formula is C27H23N3OS. The van der Waals surface area contributed by atoms with Gasteiger partial charge in [-0.2, -0.15) is 0 Å². The number of hydrogen-bond donors (Lipinski definition) is 1. The lowest BCUT2D eigenvalue weighted by Gasteiger charge is -2.12. The van der Waals surface area contributed by atoms with Gasteiger partial charge >= 0.3 is 0 Å². The zero-order chi connectivity index (χ0) is 22.1. The molecule has 0 atom stereocenters. The van der Waals surface area contributed by atoms with Crippen LogP contribution in [0.4, 0.5) is 5.69 Å². The van der Waals surface area contributed by atoms with Crippen molar-refractivity contribution in [3.05, 3.63) is 107 Å². The lowest BCUT2D eigenvalue weighted by Crippen LogP contribution is -2.13. The highest BCUT2D eigenvalue weighted by Crippen LogP contribution is 2.28. The number of nitrogens with one attached hydrogen (secondary N) is 1. The van der Waals surface area contributed by atoms with Crippen LogP contribution in [0.1, 0.15) is 26.4 Å². The third kappa shape index (κ3) is 4.07. The quantitative estimate of drug-likeness (QED) is 0.333. The van der Waals surface area contributed by atoms with Crippen molar-refractivity contribution in [2.75, 3.05) is 5.32 Å². The van der Waals surface area contributed by atoms with Crippen LogP contribution in [0.15, 0.2) is 85.3 Å². The fourth-order valence-electron chi connectivity index (χ4n) is 3.87. The minimum absolute atomic E-state index is 0.120. The summed E-state index contributed by atoms with van der Waals surface area (Å²) in [7, 11) is 0. The molecule has 1 N–H and O–H groups in total. The number of nitrogens with zero attached hydrogens (tertiary/aromatic N) is 2. The minimum Gasteiger partial charge on any atom is -0.350 e. The summed E-state index contributed by atoms with van der Waals surface area (Å²) in [5.74, 6) is -0.120. The van der Waals surface area contributed by atoms with Crippen molar-refractivity contribution in [3.63, 3.8) is 0 Å². The van der Waals surface area contributed by atoms with Gasteiger partial charge in [0, 0.05) is 51.5 Å². The molecular weight excluding hydrogens is 414 g/mol. The highest BCUT2D eigenvalue weighted by Gasteiger charge is 2.11. The molecule has 0 aliphatic heterocycles. The molecule has 0 radical (unpaired) electrons. The van der Waals surface area contributed by atoms with Gasteiger partial charge in [0.05, 0.1) is 5.52 Å². The minimum atomic E-state index is -0.120. The summed E-state index contributed by atoms with van der Waals surface area (Å²) in [6, 6.07) is 22.2. The lowest BCUT2D eigenvalue weighted by atomic mass is 10.1. The van der Waals surface area contributed by atoms with Crippen molar-refractivity contribution >= 4 is 33.8 Å². The van der Waals surface area contributed by atoms with Crippen LogP contribution in [-0.4, -0.2) is 15.5 Å². The molecule has 3 heterocycles. The largest absolute Gasteiger partial charge is 0.350 e. The Morgan fingerprint density at radius 1 is 1.00 bits per heavy atom. The summed E-state index contributed by atoms with van der Waals surface area (Å²) in [5.41, 5.74) is 5.56. The van der Waals surface area contributed by atoms with E-state index in [1.165, 1.54) is 9.75 Å². The SMILES string of the molecule is Cc1ccc(-c2ccc(C(=O)Nc3ccc4cc(Cn5cccc5)cnc4c3C)cc2)s1. The lowest BCUT2D eigenvalue weighted by molar-refractivity contribution is 0.102. The number of amides is 1. The first kappa shape index (κ1) is 20.2. The second-order valence-electron chi connectivity index (χ2n) is 7.95. The van der Waals surface area contributed by atoms with E-state index >= 15 is 0 Å². The molecule has 0 unspecified atom stereocenters. The number of rotatable bonds is 5. The topological polar surface area (TPSA) is 46.9 Å². The fourth-order valence-corrected chi connectivity index (χ4v) is 4.74. The van der Waals surface area contributed by atoms with Gasteiger partial charge in [0.2, 0.25) is 0 Å². The number of pyridine rings is 1. The van der Waals surface area contributed by atoms with Crippen molar-refractivity contribution in [1.82, 2.24) is 9.55 Å². The highest BCUT2D eigenvalue weighted by molar-refractivity contribution is 7.15. The molecule has 0 bridgehead atoms. The molecule has 1 amide bonds. The van der Waals surface area contributed by atoms with Crippen molar-refractivity contribution in [1.29, 1.82) is 0 Å². The molecule has 0 saturated carbocycles. The molecule has 3 aromatic heterocycles. The fraction of sp³-hybridized carbons (Fsp3) is 0.111. The van der Waals surface area contributed by atoms with Crippen LogP contribution in [-0.2, 0) is 6.54 Å². The average Bonchev–Trinajstić information content (AvgIpc) is 3.47. The number of hydrogen-bond acceptors (Lipinski definition) is 3. The van der Waals surface area contributed by atoms with Crippen LogP contribution >= 0.6 is 11.3 Å². The number of thiophene rings is 1. The molecule has 0 spiro atoms. The van der Waals surface area contributed by atoms with Gasteiger partial charge in [-0.05, 0) is 79.1 Å². The molecule has 5 aromatic rings. The Hall–Kier alpha value is -3.70. The normalized spacial score (nSPS) is 11.1. The summed E-state index contributed by atoms with van der Waals surface area (Å²) in [6.07, 6.45) is 6.00. The Kier molecular flexibility index (Phi) is 5.33. The van der Waals surface area contributed by atoms with E-state index in [0.717, 1.165) is 39.8 Å². The zero-order valence-corrected chi connectivity index (χ0v) is 18.8. The van der Waals surface area contributed by atoms with E-state index in [-0.39, 0.29) is 5.91 Å². The maximum atomic E-state index is 12.9. The van der Waals surface area contributed by atoms with E-state index < -0.39 is 0 Å². The van der Waals surface area contributed by atoms with Crippen LogP contribution in [0.3, 0.4) is 0 Å². The number of carbonyl (C=O) groups excluding carboxylic acids is 1. The number of aryl methyl sites for hydroxylation is 2. The predicted molar refractivity (Wildman–Crippen MR) is 132 cm³/mol. The van der Waals surface area contributed by atoms with E-state index in [1.54, 1.807) is 11.3 Å². The van der Waals surface area contributed by atoms with Gasteiger partial charge in [0.1, 0.15) is 0 Å². The monoisotopic (exact) mass is 437 g/mol. The second-order valence-corrected chi connectivity index (χ2v) is 9.24. The summed E-state index contributed by atoms with van der Waals surface area (Å²) >= 11 is 1.75. The van der Waals surface area contributed by atoms with Crippen LogP contribution < -0.4 is 5.32 Å². The van der Waals surface area contributed by atoms with Crippen LogP contribution in [0.2, 0.25) is 0 Å². The number of fused-ring (bicyclic) bond motifs is 1. The first-order chi connectivity index (χ1) is 15.6. The van der Waals surface area contributed by atoms with Crippen molar-refractivity contribution in [2.24, 2.45) is 0 Å². The molecule has 0 saturated heterocycles. The summed E-state index contributed by atoms with van der Waals surface area (Å²) in [5, 5.41) is 4.12. The zero-order valence-electron chi connectivity index (χ0n) is 18.0. The summed E-state index contributed by atoms with van der Waals surface area (Å²) in [4.78, 5) is 20.0. The summed E-state index contributed by atoms with van der Waals surface area (Å²) < 4.78 is 2.12. The molecule has 5 rings (SSSR count). The van der Waals surface area contributed by atoms with E-state index in [0.29, 0.717) is 5.56 Å². The standard InChI is InChI=1S/C27H23N3OS/c1-18-5-12-25(32-18)21-6-8-22(9-7-21)27(31)29-24-11-10-23-15-20(16-28-26(23)19(24)2)17-30-13-3-4-14-30/h3-16H,17H2,1-2H3,(H,29,31). The number of carbonyl (C=O) groups is 1. The Balaban J connectivity index is 1.35. The molecule has 5 heteroatoms. The van der Waals surface area contributed by atoms with Gasteiger partial charge in [-0.15, -0.1) is 11.3 Å². The summed E-state index contributed by atoms with van der Waals surface area (Å²) in [6.45, 7) is 4.88. The van der Waals surface area contributed by atoms with Crippen LogP contribution in [0.25, 0.3) is 21.3 Å². The molecule has 32 heavy (non-hydrogen) atoms. The van der Waals surface area contributed by atoms with Gasteiger partial charge in [0.25, 0.3) is 5.91 Å². The predicted octanol–water partition coefficient (Wildman–Crippen LogP) is 6.68. The van der Waals surface area contributed by atoms with Crippen LogP contribution in [0.5, 0.6) is 0 Å². The third-order valence-electron chi connectivity index (χ3n) is 5.61.